The fourth-order valence-electron chi connectivity index (χ4n) is 3.07. The van der Waals surface area contributed by atoms with Gasteiger partial charge in [0, 0.05) is 12.5 Å². The number of carbonyl (C=O) groups excluding carboxylic acids is 1. The predicted octanol–water partition coefficient (Wildman–Crippen LogP) is 2.57. The number of rotatable bonds is 0. The topological polar surface area (TPSA) is 20.3 Å². The van der Waals surface area contributed by atoms with Crippen LogP contribution in [0.2, 0.25) is 0 Å². The van der Waals surface area contributed by atoms with Crippen molar-refractivity contribution in [2.75, 3.05) is 0 Å². The summed E-state index contributed by atoms with van der Waals surface area (Å²) in [6.07, 6.45) is 2.01. The number of nitrogens with zero attached hydrogens (tertiary/aromatic N) is 1. The van der Waals surface area contributed by atoms with Gasteiger partial charge in [0.05, 0.1) is 6.04 Å². The Morgan fingerprint density at radius 2 is 2.00 bits per heavy atom. The summed E-state index contributed by atoms with van der Waals surface area (Å²) in [4.78, 5) is 13.6. The highest BCUT2D eigenvalue weighted by Crippen LogP contribution is 2.39. The molecule has 90 valence electrons. The number of hydrogen-bond acceptors (Lipinski definition) is 1. The van der Waals surface area contributed by atoms with Crippen molar-refractivity contribution in [2.45, 2.75) is 38.3 Å². The van der Waals surface area contributed by atoms with E-state index in [0.29, 0.717) is 12.8 Å². The van der Waals surface area contributed by atoms with Crippen LogP contribution in [0, 0.1) is 11.6 Å². The number of benzene rings is 1. The molecule has 2 aliphatic rings. The normalized spacial score (nSPS) is 27.0. The van der Waals surface area contributed by atoms with Gasteiger partial charge in [-0.25, -0.2) is 8.78 Å². The van der Waals surface area contributed by atoms with Crippen LogP contribution in [-0.4, -0.2) is 16.8 Å². The van der Waals surface area contributed by atoms with E-state index in [2.05, 4.69) is 0 Å². The van der Waals surface area contributed by atoms with Crippen molar-refractivity contribution in [2.24, 2.45) is 0 Å². The van der Waals surface area contributed by atoms with Crippen LogP contribution in [0.1, 0.15) is 36.9 Å². The largest absolute Gasteiger partial charge is 0.333 e. The Morgan fingerprint density at radius 1 is 1.29 bits per heavy atom. The third kappa shape index (κ3) is 1.47. The van der Waals surface area contributed by atoms with Gasteiger partial charge in [0.15, 0.2) is 11.6 Å². The van der Waals surface area contributed by atoms with Gasteiger partial charge in [-0.2, -0.15) is 0 Å². The summed E-state index contributed by atoms with van der Waals surface area (Å²) < 4.78 is 26.4. The van der Waals surface area contributed by atoms with Crippen LogP contribution in [0.5, 0.6) is 0 Å². The van der Waals surface area contributed by atoms with Crippen LogP contribution in [0.25, 0.3) is 0 Å². The van der Waals surface area contributed by atoms with Gasteiger partial charge in [-0.1, -0.05) is 0 Å². The Labute approximate surface area is 98.2 Å². The van der Waals surface area contributed by atoms with Gasteiger partial charge in [0.2, 0.25) is 5.91 Å². The van der Waals surface area contributed by atoms with Gasteiger partial charge in [0.1, 0.15) is 0 Å². The maximum Gasteiger partial charge on any atom is 0.223 e. The standard InChI is InChI=1S/C13H13F2NO/c1-7-10-6-12(15)11(14)5-8(10)4-9-2-3-13(17)16(7)9/h5-7,9H,2-4H2,1H3/t7-,9+/m0/s1. The molecule has 1 saturated heterocycles. The van der Waals surface area contributed by atoms with Crippen LogP contribution >= 0.6 is 0 Å². The average molecular weight is 237 g/mol. The highest BCUT2D eigenvalue weighted by Gasteiger charge is 2.39. The van der Waals surface area contributed by atoms with Crippen molar-refractivity contribution in [1.29, 1.82) is 0 Å². The average Bonchev–Trinajstić information content (AvgIpc) is 2.64. The molecule has 1 aromatic rings. The van der Waals surface area contributed by atoms with Crippen LogP contribution in [-0.2, 0) is 11.2 Å². The number of halogens is 2. The summed E-state index contributed by atoms with van der Waals surface area (Å²) in [5.74, 6) is -1.51. The molecule has 1 aromatic carbocycles. The zero-order valence-electron chi connectivity index (χ0n) is 9.54. The maximum atomic E-state index is 13.2. The van der Waals surface area contributed by atoms with E-state index in [-0.39, 0.29) is 18.0 Å². The first-order valence-electron chi connectivity index (χ1n) is 5.87. The van der Waals surface area contributed by atoms with Crippen molar-refractivity contribution in [3.05, 3.63) is 34.9 Å². The highest BCUT2D eigenvalue weighted by atomic mass is 19.2. The lowest BCUT2D eigenvalue weighted by Crippen LogP contribution is -2.40. The number of amides is 1. The van der Waals surface area contributed by atoms with Crippen molar-refractivity contribution in [3.63, 3.8) is 0 Å². The summed E-state index contributed by atoms with van der Waals surface area (Å²) in [6.45, 7) is 1.88. The molecule has 1 fully saturated rings. The molecule has 0 aromatic heterocycles. The molecule has 2 aliphatic heterocycles. The number of fused-ring (bicyclic) bond motifs is 2. The lowest BCUT2D eigenvalue weighted by atomic mass is 9.89. The van der Waals surface area contributed by atoms with Gasteiger partial charge in [-0.3, -0.25) is 4.79 Å². The van der Waals surface area contributed by atoms with Gasteiger partial charge in [-0.05, 0) is 43.0 Å². The van der Waals surface area contributed by atoms with E-state index in [0.717, 1.165) is 17.5 Å². The molecular weight excluding hydrogens is 224 g/mol. The molecule has 0 saturated carbocycles. The van der Waals surface area contributed by atoms with Gasteiger partial charge in [-0.15, -0.1) is 0 Å². The molecule has 0 aliphatic carbocycles. The second kappa shape index (κ2) is 3.52. The minimum Gasteiger partial charge on any atom is -0.333 e. The Balaban J connectivity index is 2.09. The Hall–Kier alpha value is -1.45. The van der Waals surface area contributed by atoms with Crippen molar-refractivity contribution >= 4 is 5.91 Å². The van der Waals surface area contributed by atoms with E-state index in [9.17, 15) is 13.6 Å². The smallest absolute Gasteiger partial charge is 0.223 e. The van der Waals surface area contributed by atoms with E-state index in [1.54, 1.807) is 0 Å². The molecule has 1 amide bonds. The van der Waals surface area contributed by atoms with Gasteiger partial charge in [0.25, 0.3) is 0 Å². The summed E-state index contributed by atoms with van der Waals surface area (Å²) in [5, 5.41) is 0. The lowest BCUT2D eigenvalue weighted by Gasteiger charge is -2.37. The summed E-state index contributed by atoms with van der Waals surface area (Å²) in [5.41, 5.74) is 1.59. The van der Waals surface area contributed by atoms with E-state index in [1.807, 2.05) is 11.8 Å². The molecule has 17 heavy (non-hydrogen) atoms. The first kappa shape index (κ1) is 10.7. The molecule has 4 heteroatoms. The predicted molar refractivity (Wildman–Crippen MR) is 58.3 cm³/mol. The van der Waals surface area contributed by atoms with E-state index < -0.39 is 11.6 Å². The molecule has 0 unspecified atom stereocenters. The lowest BCUT2D eigenvalue weighted by molar-refractivity contribution is -0.131. The number of hydrogen-bond donors (Lipinski definition) is 0. The first-order chi connectivity index (χ1) is 8.08. The van der Waals surface area contributed by atoms with Crippen LogP contribution in [0.15, 0.2) is 12.1 Å². The summed E-state index contributed by atoms with van der Waals surface area (Å²) in [6, 6.07) is 2.53. The fourth-order valence-corrected chi connectivity index (χ4v) is 3.07. The monoisotopic (exact) mass is 237 g/mol. The second-order valence-electron chi connectivity index (χ2n) is 4.84. The van der Waals surface area contributed by atoms with Crippen molar-refractivity contribution in [1.82, 2.24) is 4.90 Å². The third-order valence-electron chi connectivity index (χ3n) is 3.88. The Bertz CT molecular complexity index is 500. The first-order valence-corrected chi connectivity index (χ1v) is 5.87. The zero-order chi connectivity index (χ0) is 12.2. The molecule has 0 N–H and O–H groups in total. The molecule has 0 radical (unpaired) electrons. The molecule has 3 rings (SSSR count). The zero-order valence-corrected chi connectivity index (χ0v) is 9.54. The van der Waals surface area contributed by atoms with E-state index in [1.165, 1.54) is 12.1 Å². The van der Waals surface area contributed by atoms with Gasteiger partial charge >= 0.3 is 0 Å². The molecule has 2 nitrogen and oxygen atoms in total. The number of carbonyl (C=O) groups is 1. The summed E-state index contributed by atoms with van der Waals surface area (Å²) in [7, 11) is 0. The fraction of sp³-hybridized carbons (Fsp3) is 0.462. The maximum absolute atomic E-state index is 13.2. The van der Waals surface area contributed by atoms with E-state index in [4.69, 9.17) is 0 Å². The molecule has 0 spiro atoms. The summed E-state index contributed by atoms with van der Waals surface area (Å²) >= 11 is 0. The Kier molecular flexibility index (Phi) is 2.21. The minimum atomic E-state index is -0.833. The SMILES string of the molecule is C[C@H]1c2cc(F)c(F)cc2C[C@H]2CCC(=O)N21. The van der Waals surface area contributed by atoms with Crippen LogP contribution in [0.3, 0.4) is 0 Å². The van der Waals surface area contributed by atoms with E-state index >= 15 is 0 Å². The third-order valence-corrected chi connectivity index (χ3v) is 3.88. The highest BCUT2D eigenvalue weighted by molar-refractivity contribution is 5.79. The van der Waals surface area contributed by atoms with Crippen LogP contribution < -0.4 is 0 Å². The van der Waals surface area contributed by atoms with Gasteiger partial charge < -0.3 is 4.90 Å². The molecular formula is C13H13F2NO. The van der Waals surface area contributed by atoms with Crippen LogP contribution in [0.4, 0.5) is 8.78 Å². The molecule has 2 heterocycles. The second-order valence-corrected chi connectivity index (χ2v) is 4.84. The minimum absolute atomic E-state index is 0.123. The quantitative estimate of drug-likeness (QED) is 0.679. The van der Waals surface area contributed by atoms with Crippen molar-refractivity contribution in [3.8, 4) is 0 Å². The van der Waals surface area contributed by atoms with Crippen molar-refractivity contribution < 1.29 is 13.6 Å². The molecule has 2 atom stereocenters. The molecule has 0 bridgehead atoms. The Morgan fingerprint density at radius 3 is 2.76 bits per heavy atom.